The summed E-state index contributed by atoms with van der Waals surface area (Å²) >= 11 is 0. The second-order valence-electron chi connectivity index (χ2n) is 5.97. The highest BCUT2D eigenvalue weighted by atomic mass is 19.1. The molecular formula is C17H18FN3O. The lowest BCUT2D eigenvalue weighted by Crippen LogP contribution is -2.46. The zero-order valence-electron chi connectivity index (χ0n) is 12.5. The molecule has 1 saturated heterocycles. The number of hydrogen-bond donors (Lipinski definition) is 0. The van der Waals surface area contributed by atoms with Crippen molar-refractivity contribution in [3.8, 4) is 0 Å². The van der Waals surface area contributed by atoms with Crippen molar-refractivity contribution in [2.24, 2.45) is 0 Å². The van der Waals surface area contributed by atoms with Crippen molar-refractivity contribution in [2.75, 3.05) is 6.54 Å². The van der Waals surface area contributed by atoms with Gasteiger partial charge in [0.1, 0.15) is 5.82 Å². The largest absolute Gasteiger partial charge is 0.332 e. The van der Waals surface area contributed by atoms with E-state index >= 15 is 0 Å². The van der Waals surface area contributed by atoms with Gasteiger partial charge in [0.15, 0.2) is 5.69 Å². The molecule has 0 saturated carbocycles. The number of aromatic nitrogens is 2. The van der Waals surface area contributed by atoms with Gasteiger partial charge in [-0.05, 0) is 56.0 Å². The van der Waals surface area contributed by atoms with Crippen LogP contribution >= 0.6 is 0 Å². The molecule has 0 radical (unpaired) electrons. The summed E-state index contributed by atoms with van der Waals surface area (Å²) in [6, 6.07) is 9.96. The predicted molar refractivity (Wildman–Crippen MR) is 80.8 cm³/mol. The van der Waals surface area contributed by atoms with Gasteiger partial charge < -0.3 is 4.90 Å². The summed E-state index contributed by atoms with van der Waals surface area (Å²) in [5, 5.41) is 7.68. The normalized spacial score (nSPS) is 21.1. The number of likely N-dealkylation sites (tertiary alicyclic amines) is 1. The highest BCUT2D eigenvalue weighted by Crippen LogP contribution is 2.33. The molecule has 0 aliphatic carbocycles. The van der Waals surface area contributed by atoms with Crippen LogP contribution in [0.15, 0.2) is 42.6 Å². The van der Waals surface area contributed by atoms with Crippen LogP contribution in [0.4, 0.5) is 4.39 Å². The smallest absolute Gasteiger partial charge is 0.274 e. The van der Waals surface area contributed by atoms with E-state index in [4.69, 9.17) is 0 Å². The van der Waals surface area contributed by atoms with Gasteiger partial charge in [-0.25, -0.2) is 4.39 Å². The molecule has 1 atom stereocenters. The molecule has 1 aliphatic rings. The van der Waals surface area contributed by atoms with Crippen LogP contribution in [-0.4, -0.2) is 33.1 Å². The first-order valence-corrected chi connectivity index (χ1v) is 7.43. The van der Waals surface area contributed by atoms with Gasteiger partial charge in [0.25, 0.3) is 5.91 Å². The number of halogens is 1. The van der Waals surface area contributed by atoms with Crippen molar-refractivity contribution in [2.45, 2.75) is 31.7 Å². The third-order valence-corrected chi connectivity index (χ3v) is 4.26. The zero-order chi connectivity index (χ0) is 15.6. The Morgan fingerprint density at radius 1 is 1.36 bits per heavy atom. The van der Waals surface area contributed by atoms with E-state index in [0.717, 1.165) is 18.4 Å². The SMILES string of the molecule is C[C@]1(Cc2cccc(F)c2)CCCN1C(=O)c1cccnn1. The topological polar surface area (TPSA) is 46.1 Å². The van der Waals surface area contributed by atoms with Crippen molar-refractivity contribution in [3.05, 3.63) is 59.7 Å². The maximum Gasteiger partial charge on any atom is 0.274 e. The molecule has 2 heterocycles. The molecule has 0 spiro atoms. The minimum absolute atomic E-state index is 0.107. The summed E-state index contributed by atoms with van der Waals surface area (Å²) < 4.78 is 13.4. The minimum Gasteiger partial charge on any atom is -0.332 e. The molecule has 1 aromatic heterocycles. The first-order chi connectivity index (χ1) is 10.6. The van der Waals surface area contributed by atoms with Crippen LogP contribution in [0.25, 0.3) is 0 Å². The molecule has 114 valence electrons. The lowest BCUT2D eigenvalue weighted by atomic mass is 9.90. The lowest BCUT2D eigenvalue weighted by molar-refractivity contribution is 0.0617. The van der Waals surface area contributed by atoms with E-state index < -0.39 is 0 Å². The Labute approximate surface area is 129 Å². The highest BCUT2D eigenvalue weighted by molar-refractivity contribution is 5.92. The number of carbonyl (C=O) groups is 1. The van der Waals surface area contributed by atoms with E-state index in [2.05, 4.69) is 17.1 Å². The lowest BCUT2D eigenvalue weighted by Gasteiger charge is -2.35. The summed E-state index contributed by atoms with van der Waals surface area (Å²) in [5.74, 6) is -0.351. The summed E-state index contributed by atoms with van der Waals surface area (Å²) in [6.45, 7) is 2.75. The Kier molecular flexibility index (Phi) is 3.88. The van der Waals surface area contributed by atoms with Crippen LogP contribution < -0.4 is 0 Å². The summed E-state index contributed by atoms with van der Waals surface area (Å²) in [4.78, 5) is 14.5. The Morgan fingerprint density at radius 2 is 2.23 bits per heavy atom. The summed E-state index contributed by atoms with van der Waals surface area (Å²) in [6.07, 6.45) is 4.02. The Bertz CT molecular complexity index is 677. The van der Waals surface area contributed by atoms with Crippen molar-refractivity contribution >= 4 is 5.91 Å². The van der Waals surface area contributed by atoms with Crippen LogP contribution in [0.1, 0.15) is 35.8 Å². The van der Waals surface area contributed by atoms with Gasteiger partial charge in [-0.3, -0.25) is 4.79 Å². The fourth-order valence-corrected chi connectivity index (χ4v) is 3.19. The first-order valence-electron chi connectivity index (χ1n) is 7.43. The number of hydrogen-bond acceptors (Lipinski definition) is 3. The number of carbonyl (C=O) groups excluding carboxylic acids is 1. The fourth-order valence-electron chi connectivity index (χ4n) is 3.19. The van der Waals surface area contributed by atoms with E-state index in [-0.39, 0.29) is 17.3 Å². The second-order valence-corrected chi connectivity index (χ2v) is 5.97. The van der Waals surface area contributed by atoms with E-state index in [1.807, 2.05) is 11.0 Å². The molecule has 0 bridgehead atoms. The molecule has 1 fully saturated rings. The molecule has 3 rings (SSSR count). The molecule has 2 aromatic rings. The molecule has 4 nitrogen and oxygen atoms in total. The van der Waals surface area contributed by atoms with Crippen molar-refractivity contribution in [1.82, 2.24) is 15.1 Å². The second kappa shape index (κ2) is 5.83. The Morgan fingerprint density at radius 3 is 2.95 bits per heavy atom. The van der Waals surface area contributed by atoms with Gasteiger partial charge in [0.2, 0.25) is 0 Å². The van der Waals surface area contributed by atoms with Crippen LogP contribution in [0.3, 0.4) is 0 Å². The first kappa shape index (κ1) is 14.6. The monoisotopic (exact) mass is 299 g/mol. The molecule has 0 N–H and O–H groups in total. The van der Waals surface area contributed by atoms with Gasteiger partial charge >= 0.3 is 0 Å². The van der Waals surface area contributed by atoms with Crippen molar-refractivity contribution in [1.29, 1.82) is 0 Å². The van der Waals surface area contributed by atoms with Gasteiger partial charge in [0.05, 0.1) is 0 Å². The number of amides is 1. The average molecular weight is 299 g/mol. The highest BCUT2D eigenvalue weighted by Gasteiger charge is 2.40. The van der Waals surface area contributed by atoms with Crippen LogP contribution in [0.5, 0.6) is 0 Å². The Hall–Kier alpha value is -2.30. The molecule has 1 amide bonds. The third-order valence-electron chi connectivity index (χ3n) is 4.26. The van der Waals surface area contributed by atoms with E-state index in [1.54, 1.807) is 24.4 Å². The molecule has 1 aromatic carbocycles. The molecule has 22 heavy (non-hydrogen) atoms. The molecule has 1 aliphatic heterocycles. The summed E-state index contributed by atoms with van der Waals surface area (Å²) in [5.41, 5.74) is 0.943. The number of nitrogens with zero attached hydrogens (tertiary/aromatic N) is 3. The van der Waals surface area contributed by atoms with E-state index in [9.17, 15) is 9.18 Å². The van der Waals surface area contributed by atoms with Gasteiger partial charge in [-0.15, -0.1) is 5.10 Å². The number of rotatable bonds is 3. The molecule has 5 heteroatoms. The molecular weight excluding hydrogens is 281 g/mol. The predicted octanol–water partition coefficient (Wildman–Crippen LogP) is 2.85. The third kappa shape index (κ3) is 2.84. The quantitative estimate of drug-likeness (QED) is 0.875. The van der Waals surface area contributed by atoms with E-state index in [1.165, 1.54) is 12.1 Å². The zero-order valence-corrected chi connectivity index (χ0v) is 12.5. The fraction of sp³-hybridized carbons (Fsp3) is 0.353. The van der Waals surface area contributed by atoms with Crippen LogP contribution in [0, 0.1) is 5.82 Å². The van der Waals surface area contributed by atoms with E-state index in [0.29, 0.717) is 18.7 Å². The maximum absolute atomic E-state index is 13.4. The molecule has 0 unspecified atom stereocenters. The number of benzene rings is 1. The summed E-state index contributed by atoms with van der Waals surface area (Å²) in [7, 11) is 0. The van der Waals surface area contributed by atoms with Gasteiger partial charge in [0, 0.05) is 18.3 Å². The van der Waals surface area contributed by atoms with Crippen molar-refractivity contribution in [3.63, 3.8) is 0 Å². The van der Waals surface area contributed by atoms with Crippen LogP contribution in [-0.2, 0) is 6.42 Å². The minimum atomic E-state index is -0.317. The van der Waals surface area contributed by atoms with Crippen LogP contribution in [0.2, 0.25) is 0 Å². The maximum atomic E-state index is 13.4. The van der Waals surface area contributed by atoms with Gasteiger partial charge in [-0.2, -0.15) is 5.10 Å². The van der Waals surface area contributed by atoms with Gasteiger partial charge in [-0.1, -0.05) is 12.1 Å². The van der Waals surface area contributed by atoms with Crippen molar-refractivity contribution < 1.29 is 9.18 Å². The Balaban J connectivity index is 1.84. The average Bonchev–Trinajstić information content (AvgIpc) is 2.88. The standard InChI is InChI=1S/C17H18FN3O/c1-17(12-13-5-2-6-14(18)11-13)8-4-10-21(17)16(22)15-7-3-9-19-20-15/h2-3,5-7,9,11H,4,8,10,12H2,1H3/t17-/m1/s1.